The molecule has 0 aromatic heterocycles. The summed E-state index contributed by atoms with van der Waals surface area (Å²) in [6.07, 6.45) is 1.38. The van der Waals surface area contributed by atoms with Gasteiger partial charge in [-0.3, -0.25) is 0 Å². The second-order valence-corrected chi connectivity index (χ2v) is 6.42. The summed E-state index contributed by atoms with van der Waals surface area (Å²) < 4.78 is 51.9. The van der Waals surface area contributed by atoms with Crippen molar-refractivity contribution in [3.05, 3.63) is 29.8 Å². The third kappa shape index (κ3) is 5.04. The lowest BCUT2D eigenvalue weighted by Crippen LogP contribution is -2.26. The predicted molar refractivity (Wildman–Crippen MR) is 70.7 cm³/mol. The lowest BCUT2D eigenvalue weighted by Gasteiger charge is -2.09. The van der Waals surface area contributed by atoms with E-state index in [1.165, 1.54) is 0 Å². The second kappa shape index (κ2) is 7.17. The zero-order chi connectivity index (χ0) is 14.5. The van der Waals surface area contributed by atoms with Crippen molar-refractivity contribution in [3.63, 3.8) is 0 Å². The van der Waals surface area contributed by atoms with Gasteiger partial charge in [-0.05, 0) is 30.9 Å². The van der Waals surface area contributed by atoms with Crippen LogP contribution in [0.25, 0.3) is 0 Å². The van der Waals surface area contributed by atoms with Crippen LogP contribution in [0.15, 0.2) is 23.1 Å². The Morgan fingerprint density at radius 2 is 2.05 bits per heavy atom. The van der Waals surface area contributed by atoms with Crippen LogP contribution in [0, 0.1) is 17.6 Å². The fraction of sp³-hybridized carbons (Fsp3) is 0.500. The summed E-state index contributed by atoms with van der Waals surface area (Å²) in [6, 6.07) is 2.37. The Labute approximate surface area is 117 Å². The highest BCUT2D eigenvalue weighted by molar-refractivity contribution is 7.89. The summed E-state index contributed by atoms with van der Waals surface area (Å²) >= 11 is 5.63. The minimum Gasteiger partial charge on any atom is -0.211 e. The number of hydrogen-bond donors (Lipinski definition) is 1. The van der Waals surface area contributed by atoms with Gasteiger partial charge in [0.25, 0.3) is 0 Å². The van der Waals surface area contributed by atoms with E-state index in [1.807, 2.05) is 6.92 Å². The largest absolute Gasteiger partial charge is 0.243 e. The van der Waals surface area contributed by atoms with Gasteiger partial charge in [-0.25, -0.2) is 21.9 Å². The van der Waals surface area contributed by atoms with Crippen LogP contribution >= 0.6 is 11.6 Å². The number of sulfonamides is 1. The Kier molecular flexibility index (Phi) is 6.16. The summed E-state index contributed by atoms with van der Waals surface area (Å²) in [4.78, 5) is -0.542. The summed E-state index contributed by atoms with van der Waals surface area (Å²) in [5.41, 5.74) is 0. The fourth-order valence-electron chi connectivity index (χ4n) is 1.51. The van der Waals surface area contributed by atoms with E-state index in [9.17, 15) is 17.2 Å². The molecule has 0 radical (unpaired) electrons. The van der Waals surface area contributed by atoms with Gasteiger partial charge >= 0.3 is 0 Å². The number of benzene rings is 1. The van der Waals surface area contributed by atoms with Crippen LogP contribution in [0.1, 0.15) is 19.8 Å². The van der Waals surface area contributed by atoms with E-state index >= 15 is 0 Å². The molecular weight excluding hydrogens is 296 g/mol. The summed E-state index contributed by atoms with van der Waals surface area (Å²) in [5, 5.41) is 0. The van der Waals surface area contributed by atoms with Crippen LogP contribution in [0.2, 0.25) is 0 Å². The Morgan fingerprint density at radius 1 is 1.37 bits per heavy atom. The molecule has 0 bridgehead atoms. The number of nitrogens with one attached hydrogen (secondary N) is 1. The maximum atomic E-state index is 13.4. The van der Waals surface area contributed by atoms with E-state index in [0.717, 1.165) is 18.6 Å². The zero-order valence-electron chi connectivity index (χ0n) is 10.5. The summed E-state index contributed by atoms with van der Waals surface area (Å²) in [5.74, 6) is -1.10. The van der Waals surface area contributed by atoms with Crippen LogP contribution in [-0.4, -0.2) is 20.8 Å². The molecule has 1 N–H and O–H groups in total. The molecule has 0 fully saturated rings. The average molecular weight is 312 g/mol. The smallest absolute Gasteiger partial charge is 0.211 e. The van der Waals surface area contributed by atoms with Crippen LogP contribution in [0.3, 0.4) is 0 Å². The van der Waals surface area contributed by atoms with Crippen molar-refractivity contribution in [2.45, 2.75) is 24.7 Å². The first-order valence-corrected chi connectivity index (χ1v) is 7.89. The normalized spacial score (nSPS) is 13.5. The average Bonchev–Trinajstić information content (AvgIpc) is 2.33. The molecular formula is C12H16ClF2NO2S. The summed E-state index contributed by atoms with van der Waals surface area (Å²) in [7, 11) is -3.94. The van der Waals surface area contributed by atoms with Gasteiger partial charge in [-0.15, -0.1) is 11.6 Å². The van der Waals surface area contributed by atoms with Crippen LogP contribution in [0.5, 0.6) is 0 Å². The van der Waals surface area contributed by atoms with Crippen molar-refractivity contribution >= 4 is 21.6 Å². The first-order chi connectivity index (χ1) is 8.86. The molecule has 0 saturated heterocycles. The first-order valence-electron chi connectivity index (χ1n) is 5.87. The zero-order valence-corrected chi connectivity index (χ0v) is 12.1. The molecule has 1 unspecified atom stereocenters. The SMILES string of the molecule is CC(CCl)CCCNS(=O)(=O)c1ccc(F)cc1F. The van der Waals surface area contributed by atoms with Gasteiger partial charge in [0, 0.05) is 18.5 Å². The van der Waals surface area contributed by atoms with E-state index in [4.69, 9.17) is 11.6 Å². The second-order valence-electron chi connectivity index (χ2n) is 4.37. The van der Waals surface area contributed by atoms with Gasteiger partial charge in [-0.1, -0.05) is 6.92 Å². The monoisotopic (exact) mass is 311 g/mol. The van der Waals surface area contributed by atoms with Crippen molar-refractivity contribution in [2.75, 3.05) is 12.4 Å². The Bertz CT molecular complexity index is 522. The van der Waals surface area contributed by atoms with Gasteiger partial charge in [0.2, 0.25) is 10.0 Å². The molecule has 19 heavy (non-hydrogen) atoms. The van der Waals surface area contributed by atoms with Gasteiger partial charge in [0.05, 0.1) is 0 Å². The van der Waals surface area contributed by atoms with Gasteiger partial charge < -0.3 is 0 Å². The lowest BCUT2D eigenvalue weighted by molar-refractivity contribution is 0.530. The minimum absolute atomic E-state index is 0.195. The van der Waals surface area contributed by atoms with Crippen LogP contribution in [0.4, 0.5) is 8.78 Å². The molecule has 108 valence electrons. The highest BCUT2D eigenvalue weighted by Crippen LogP contribution is 2.15. The Balaban J connectivity index is 2.61. The molecule has 1 aromatic carbocycles. The van der Waals surface area contributed by atoms with E-state index in [1.54, 1.807) is 0 Å². The molecule has 0 aliphatic carbocycles. The molecule has 0 amide bonds. The number of alkyl halides is 1. The maximum Gasteiger partial charge on any atom is 0.243 e. The Hall–Kier alpha value is -0.720. The Morgan fingerprint density at radius 3 is 2.63 bits per heavy atom. The minimum atomic E-state index is -3.94. The molecule has 1 aromatic rings. The third-order valence-electron chi connectivity index (χ3n) is 2.61. The van der Waals surface area contributed by atoms with Crippen LogP contribution in [-0.2, 0) is 10.0 Å². The predicted octanol–water partition coefficient (Wildman–Crippen LogP) is 2.90. The van der Waals surface area contributed by atoms with E-state index in [-0.39, 0.29) is 6.54 Å². The van der Waals surface area contributed by atoms with Crippen molar-refractivity contribution in [1.29, 1.82) is 0 Å². The highest BCUT2D eigenvalue weighted by atomic mass is 35.5. The fourth-order valence-corrected chi connectivity index (χ4v) is 2.79. The summed E-state index contributed by atoms with van der Waals surface area (Å²) in [6.45, 7) is 2.15. The number of rotatable bonds is 7. The number of halogens is 3. The topological polar surface area (TPSA) is 46.2 Å². The third-order valence-corrected chi connectivity index (χ3v) is 4.63. The molecule has 0 saturated carbocycles. The molecule has 0 aliphatic rings. The van der Waals surface area contributed by atoms with E-state index in [0.29, 0.717) is 24.3 Å². The number of hydrogen-bond acceptors (Lipinski definition) is 2. The van der Waals surface area contributed by atoms with Gasteiger partial charge in [0.1, 0.15) is 16.5 Å². The standard InChI is InChI=1S/C12H16ClF2NO2S/c1-9(8-13)3-2-6-16-19(17,18)12-5-4-10(14)7-11(12)15/h4-5,7,9,16H,2-3,6,8H2,1H3. The van der Waals surface area contributed by atoms with Crippen molar-refractivity contribution in [1.82, 2.24) is 4.72 Å². The molecule has 0 aliphatic heterocycles. The van der Waals surface area contributed by atoms with Gasteiger partial charge in [-0.2, -0.15) is 0 Å². The maximum absolute atomic E-state index is 13.4. The molecule has 0 heterocycles. The molecule has 3 nitrogen and oxygen atoms in total. The highest BCUT2D eigenvalue weighted by Gasteiger charge is 2.18. The molecule has 1 atom stereocenters. The van der Waals surface area contributed by atoms with E-state index in [2.05, 4.69) is 4.72 Å². The van der Waals surface area contributed by atoms with Crippen molar-refractivity contribution < 1.29 is 17.2 Å². The van der Waals surface area contributed by atoms with Crippen molar-refractivity contribution in [3.8, 4) is 0 Å². The lowest BCUT2D eigenvalue weighted by atomic mass is 10.1. The quantitative estimate of drug-likeness (QED) is 0.621. The van der Waals surface area contributed by atoms with Crippen LogP contribution < -0.4 is 4.72 Å². The van der Waals surface area contributed by atoms with Gasteiger partial charge in [0.15, 0.2) is 0 Å². The first kappa shape index (κ1) is 16.3. The molecule has 0 spiro atoms. The van der Waals surface area contributed by atoms with E-state index < -0.39 is 26.6 Å². The molecule has 1 rings (SSSR count). The molecule has 7 heteroatoms. The van der Waals surface area contributed by atoms with Crippen molar-refractivity contribution in [2.24, 2.45) is 5.92 Å².